The second-order valence-corrected chi connectivity index (χ2v) is 6.48. The minimum atomic E-state index is -4.00. The van der Waals surface area contributed by atoms with Crippen LogP contribution in [0.4, 0.5) is 8.78 Å². The summed E-state index contributed by atoms with van der Waals surface area (Å²) in [5.74, 6) is 0. The van der Waals surface area contributed by atoms with Crippen molar-refractivity contribution in [3.8, 4) is 0 Å². The van der Waals surface area contributed by atoms with Gasteiger partial charge in [-0.1, -0.05) is 39.7 Å². The average Bonchev–Trinajstić information content (AvgIpc) is 2.28. The fraction of sp³-hybridized carbons (Fsp3) is 0.400. The SMILES string of the molecule is O=S(=O)(c1ccccc1Cl)N(CCBr)CC(F)F. The third-order valence-corrected chi connectivity index (χ3v) is 4.85. The fourth-order valence-corrected chi connectivity index (χ4v) is 3.93. The van der Waals surface area contributed by atoms with E-state index in [1.165, 1.54) is 18.2 Å². The number of benzene rings is 1. The molecule has 0 aliphatic rings. The molecule has 0 unspecified atom stereocenters. The number of nitrogens with zero attached hydrogens (tertiary/aromatic N) is 1. The summed E-state index contributed by atoms with van der Waals surface area (Å²) in [5, 5.41) is 0.287. The lowest BCUT2D eigenvalue weighted by molar-refractivity contribution is 0.121. The van der Waals surface area contributed by atoms with Gasteiger partial charge in [-0.05, 0) is 12.1 Å². The molecule has 0 atom stereocenters. The highest BCUT2D eigenvalue weighted by Crippen LogP contribution is 2.24. The summed E-state index contributed by atoms with van der Waals surface area (Å²) in [5.41, 5.74) is 0. The van der Waals surface area contributed by atoms with Gasteiger partial charge in [0.1, 0.15) is 4.90 Å². The van der Waals surface area contributed by atoms with Crippen molar-refractivity contribution in [1.82, 2.24) is 4.31 Å². The number of halogens is 4. The van der Waals surface area contributed by atoms with Crippen molar-refractivity contribution >= 4 is 37.6 Å². The molecule has 8 heteroatoms. The molecule has 0 heterocycles. The van der Waals surface area contributed by atoms with E-state index in [0.29, 0.717) is 4.31 Å². The van der Waals surface area contributed by atoms with E-state index in [-0.39, 0.29) is 21.8 Å². The zero-order valence-electron chi connectivity index (χ0n) is 9.19. The molecule has 18 heavy (non-hydrogen) atoms. The molecule has 1 rings (SSSR count). The van der Waals surface area contributed by atoms with E-state index in [4.69, 9.17) is 11.6 Å². The Morgan fingerprint density at radius 3 is 2.44 bits per heavy atom. The summed E-state index contributed by atoms with van der Waals surface area (Å²) in [7, 11) is -4.00. The molecule has 0 saturated heterocycles. The van der Waals surface area contributed by atoms with Crippen LogP contribution in [-0.4, -0.2) is 37.6 Å². The molecule has 102 valence electrons. The van der Waals surface area contributed by atoms with E-state index >= 15 is 0 Å². The van der Waals surface area contributed by atoms with Gasteiger partial charge in [0.05, 0.1) is 11.6 Å². The number of sulfonamides is 1. The highest BCUT2D eigenvalue weighted by atomic mass is 79.9. The average molecular weight is 363 g/mol. The molecule has 0 amide bonds. The smallest absolute Gasteiger partial charge is 0.209 e. The Labute approximate surface area is 118 Å². The van der Waals surface area contributed by atoms with Crippen LogP contribution in [0.15, 0.2) is 29.2 Å². The van der Waals surface area contributed by atoms with Crippen molar-refractivity contribution in [2.75, 3.05) is 18.4 Å². The van der Waals surface area contributed by atoms with Gasteiger partial charge in [-0.2, -0.15) is 4.31 Å². The molecule has 0 aromatic heterocycles. The molecule has 1 aromatic carbocycles. The number of alkyl halides is 3. The first kappa shape index (κ1) is 15.8. The van der Waals surface area contributed by atoms with E-state index < -0.39 is 23.0 Å². The van der Waals surface area contributed by atoms with Crippen LogP contribution in [0.3, 0.4) is 0 Å². The molecule has 0 bridgehead atoms. The van der Waals surface area contributed by atoms with E-state index in [0.717, 1.165) is 0 Å². The van der Waals surface area contributed by atoms with Crippen molar-refractivity contribution in [1.29, 1.82) is 0 Å². The summed E-state index contributed by atoms with van der Waals surface area (Å²) in [6, 6.07) is 5.77. The Balaban J connectivity index is 3.13. The lowest BCUT2D eigenvalue weighted by Gasteiger charge is -2.21. The topological polar surface area (TPSA) is 37.4 Å². The summed E-state index contributed by atoms with van der Waals surface area (Å²) < 4.78 is 49.8. The Bertz CT molecular complexity index is 498. The molecule has 0 aliphatic heterocycles. The summed E-state index contributed by atoms with van der Waals surface area (Å²) in [4.78, 5) is -0.159. The lowest BCUT2D eigenvalue weighted by atomic mass is 10.4. The zero-order chi connectivity index (χ0) is 13.8. The van der Waals surface area contributed by atoms with Crippen LogP contribution in [0.5, 0.6) is 0 Å². The second kappa shape index (κ2) is 6.79. The molecule has 3 nitrogen and oxygen atoms in total. The standard InChI is InChI=1S/C10H11BrClF2NO2S/c11-5-6-15(7-10(13)14)18(16,17)9-4-2-1-3-8(9)12/h1-4,10H,5-7H2. The van der Waals surface area contributed by atoms with Gasteiger partial charge in [0.15, 0.2) is 0 Å². The first-order chi connectivity index (χ1) is 8.39. The summed E-state index contributed by atoms with van der Waals surface area (Å²) >= 11 is 8.82. The summed E-state index contributed by atoms with van der Waals surface area (Å²) in [6.07, 6.45) is -2.73. The third kappa shape index (κ3) is 3.88. The molecule has 0 saturated carbocycles. The fourth-order valence-electron chi connectivity index (χ4n) is 1.35. The van der Waals surface area contributed by atoms with Gasteiger partial charge in [0.25, 0.3) is 6.43 Å². The quantitative estimate of drug-likeness (QED) is 0.730. The van der Waals surface area contributed by atoms with Gasteiger partial charge in [-0.25, -0.2) is 17.2 Å². The maximum Gasteiger partial charge on any atom is 0.252 e. The summed E-state index contributed by atoms with van der Waals surface area (Å²) in [6.45, 7) is -0.892. The second-order valence-electron chi connectivity index (χ2n) is 3.37. The van der Waals surface area contributed by atoms with Crippen LogP contribution in [-0.2, 0) is 10.0 Å². The van der Waals surface area contributed by atoms with Gasteiger partial charge in [0, 0.05) is 11.9 Å². The van der Waals surface area contributed by atoms with E-state index in [1.807, 2.05) is 0 Å². The normalized spacial score (nSPS) is 12.3. The molecular weight excluding hydrogens is 352 g/mol. The van der Waals surface area contributed by atoms with Crippen LogP contribution in [0.2, 0.25) is 5.02 Å². The predicted molar refractivity (Wildman–Crippen MR) is 70.0 cm³/mol. The Hall–Kier alpha value is -0.240. The minimum Gasteiger partial charge on any atom is -0.209 e. The third-order valence-electron chi connectivity index (χ3n) is 2.13. The molecule has 0 radical (unpaired) electrons. The maximum atomic E-state index is 12.4. The largest absolute Gasteiger partial charge is 0.252 e. The number of rotatable bonds is 6. The van der Waals surface area contributed by atoms with E-state index in [2.05, 4.69) is 15.9 Å². The van der Waals surface area contributed by atoms with Crippen LogP contribution in [0.25, 0.3) is 0 Å². The van der Waals surface area contributed by atoms with Crippen molar-refractivity contribution in [3.63, 3.8) is 0 Å². The molecule has 1 aromatic rings. The highest BCUT2D eigenvalue weighted by molar-refractivity contribution is 9.09. The van der Waals surface area contributed by atoms with Gasteiger partial charge in [0.2, 0.25) is 10.0 Å². The van der Waals surface area contributed by atoms with Crippen molar-refractivity contribution < 1.29 is 17.2 Å². The van der Waals surface area contributed by atoms with Gasteiger partial charge >= 0.3 is 0 Å². The number of hydrogen-bond acceptors (Lipinski definition) is 2. The van der Waals surface area contributed by atoms with Crippen LogP contribution in [0.1, 0.15) is 0 Å². The predicted octanol–water partition coefficient (Wildman–Crippen LogP) is 2.99. The van der Waals surface area contributed by atoms with Crippen molar-refractivity contribution in [2.24, 2.45) is 0 Å². The highest BCUT2D eigenvalue weighted by Gasteiger charge is 2.28. The van der Waals surface area contributed by atoms with Crippen molar-refractivity contribution in [2.45, 2.75) is 11.3 Å². The first-order valence-corrected chi connectivity index (χ1v) is 7.92. The van der Waals surface area contributed by atoms with E-state index in [9.17, 15) is 17.2 Å². The Morgan fingerprint density at radius 1 is 1.33 bits per heavy atom. The van der Waals surface area contributed by atoms with Crippen LogP contribution >= 0.6 is 27.5 Å². The molecule has 0 N–H and O–H groups in total. The zero-order valence-corrected chi connectivity index (χ0v) is 12.4. The minimum absolute atomic E-state index is 0.0198. The Kier molecular flexibility index (Phi) is 5.97. The Morgan fingerprint density at radius 2 is 1.94 bits per heavy atom. The van der Waals surface area contributed by atoms with Crippen LogP contribution in [0, 0.1) is 0 Å². The number of hydrogen-bond donors (Lipinski definition) is 0. The van der Waals surface area contributed by atoms with Crippen molar-refractivity contribution in [3.05, 3.63) is 29.3 Å². The van der Waals surface area contributed by atoms with Gasteiger partial charge in [-0.3, -0.25) is 0 Å². The molecule has 0 aliphatic carbocycles. The van der Waals surface area contributed by atoms with Gasteiger partial charge in [-0.15, -0.1) is 0 Å². The first-order valence-electron chi connectivity index (χ1n) is 4.98. The monoisotopic (exact) mass is 361 g/mol. The molecular formula is C10H11BrClF2NO2S. The van der Waals surface area contributed by atoms with E-state index in [1.54, 1.807) is 6.07 Å². The van der Waals surface area contributed by atoms with Gasteiger partial charge < -0.3 is 0 Å². The van der Waals surface area contributed by atoms with Crippen LogP contribution < -0.4 is 0 Å². The molecule has 0 spiro atoms. The molecule has 0 fully saturated rings. The maximum absolute atomic E-state index is 12.4. The lowest BCUT2D eigenvalue weighted by Crippen LogP contribution is -2.36.